The zero-order valence-electron chi connectivity index (χ0n) is 14.9. The average Bonchev–Trinajstić information content (AvgIpc) is 2.60. The number of nitrogens with zero attached hydrogens (tertiary/aromatic N) is 2. The van der Waals surface area contributed by atoms with E-state index in [1.165, 1.54) is 5.56 Å². The largest absolute Gasteiger partial charge is 0.356 e. The van der Waals surface area contributed by atoms with Crippen molar-refractivity contribution in [2.24, 2.45) is 4.99 Å². The number of hydrogen-bond acceptors (Lipinski definition) is 2. The number of aliphatic imine (C=N–C) groups is 1. The Morgan fingerprint density at radius 2 is 1.84 bits per heavy atom. The Kier molecular flexibility index (Phi) is 9.21. The van der Waals surface area contributed by atoms with Gasteiger partial charge in [0.2, 0.25) is 0 Å². The fraction of sp³-hybridized carbons (Fsp3) is 0.368. The Balaban J connectivity index is 0.00000312. The lowest BCUT2D eigenvalue weighted by Crippen LogP contribution is -2.44. The summed E-state index contributed by atoms with van der Waals surface area (Å²) >= 11 is 5.80. The molecule has 0 aliphatic carbocycles. The summed E-state index contributed by atoms with van der Waals surface area (Å²) in [6.45, 7) is 6.04. The lowest BCUT2D eigenvalue weighted by atomic mass is 9.85. The van der Waals surface area contributed by atoms with Crippen molar-refractivity contribution in [3.05, 3.63) is 64.9 Å². The van der Waals surface area contributed by atoms with Crippen LogP contribution in [0.1, 0.15) is 25.0 Å². The zero-order chi connectivity index (χ0) is 17.4. The van der Waals surface area contributed by atoms with Gasteiger partial charge < -0.3 is 10.6 Å². The van der Waals surface area contributed by atoms with Crippen molar-refractivity contribution in [2.45, 2.75) is 25.7 Å². The minimum Gasteiger partial charge on any atom is -0.356 e. The summed E-state index contributed by atoms with van der Waals surface area (Å²) in [5.41, 5.74) is 2.48. The number of halogens is 2. The molecular formula is C19H26ClIN4. The third kappa shape index (κ3) is 7.20. The van der Waals surface area contributed by atoms with E-state index in [2.05, 4.69) is 58.7 Å². The van der Waals surface area contributed by atoms with Crippen LogP contribution in [0.25, 0.3) is 0 Å². The number of rotatable bonds is 6. The minimum absolute atomic E-state index is 0. The second-order valence-corrected chi connectivity index (χ2v) is 6.73. The molecule has 0 aliphatic rings. The summed E-state index contributed by atoms with van der Waals surface area (Å²) in [7, 11) is 1.79. The van der Waals surface area contributed by atoms with Gasteiger partial charge in [-0.3, -0.25) is 4.99 Å². The van der Waals surface area contributed by atoms with Crippen molar-refractivity contribution in [2.75, 3.05) is 20.1 Å². The first-order valence-electron chi connectivity index (χ1n) is 8.12. The number of hydrogen-bond donors (Lipinski definition) is 2. The third-order valence-corrected chi connectivity index (χ3v) is 4.19. The summed E-state index contributed by atoms with van der Waals surface area (Å²) < 4.78 is 0. The van der Waals surface area contributed by atoms with E-state index in [1.54, 1.807) is 13.2 Å². The molecule has 0 unspecified atom stereocenters. The van der Waals surface area contributed by atoms with E-state index in [1.807, 2.05) is 18.2 Å². The molecule has 6 heteroatoms. The Morgan fingerprint density at radius 1 is 1.12 bits per heavy atom. The minimum atomic E-state index is 0. The highest BCUT2D eigenvalue weighted by Crippen LogP contribution is 2.21. The second kappa shape index (κ2) is 10.6. The van der Waals surface area contributed by atoms with Gasteiger partial charge in [-0.2, -0.15) is 0 Å². The second-order valence-electron chi connectivity index (χ2n) is 6.34. The van der Waals surface area contributed by atoms with E-state index in [0.717, 1.165) is 31.0 Å². The van der Waals surface area contributed by atoms with Gasteiger partial charge >= 0.3 is 0 Å². The maximum atomic E-state index is 5.80. The van der Waals surface area contributed by atoms with E-state index in [-0.39, 0.29) is 29.4 Å². The number of benzene rings is 1. The Morgan fingerprint density at radius 3 is 2.44 bits per heavy atom. The van der Waals surface area contributed by atoms with E-state index in [0.29, 0.717) is 5.15 Å². The van der Waals surface area contributed by atoms with Crippen LogP contribution in [0.5, 0.6) is 0 Å². The molecule has 1 heterocycles. The van der Waals surface area contributed by atoms with E-state index >= 15 is 0 Å². The van der Waals surface area contributed by atoms with Crippen LogP contribution in [0.15, 0.2) is 53.7 Å². The fourth-order valence-corrected chi connectivity index (χ4v) is 2.51. The van der Waals surface area contributed by atoms with Gasteiger partial charge in [-0.15, -0.1) is 24.0 Å². The van der Waals surface area contributed by atoms with Crippen LogP contribution in [-0.2, 0) is 11.8 Å². The van der Waals surface area contributed by atoms with Gasteiger partial charge in [0.05, 0.1) is 0 Å². The third-order valence-electron chi connectivity index (χ3n) is 3.97. The summed E-state index contributed by atoms with van der Waals surface area (Å²) in [4.78, 5) is 8.38. The first kappa shape index (κ1) is 21.7. The van der Waals surface area contributed by atoms with Gasteiger partial charge in [0, 0.05) is 31.7 Å². The summed E-state index contributed by atoms with van der Waals surface area (Å²) in [6.07, 6.45) is 2.67. The molecule has 25 heavy (non-hydrogen) atoms. The SMILES string of the molecule is CN=C(NCCc1ccc(Cl)nc1)NCC(C)(C)c1ccccc1.I. The van der Waals surface area contributed by atoms with Gasteiger partial charge in [0.25, 0.3) is 0 Å². The number of guanidine groups is 1. The molecular weight excluding hydrogens is 447 g/mol. The Hall–Kier alpha value is -1.34. The van der Waals surface area contributed by atoms with Crippen molar-refractivity contribution in [3.63, 3.8) is 0 Å². The quantitative estimate of drug-likeness (QED) is 0.289. The molecule has 0 amide bonds. The first-order chi connectivity index (χ1) is 11.5. The molecule has 2 rings (SSSR count). The molecule has 0 saturated carbocycles. The summed E-state index contributed by atoms with van der Waals surface area (Å²) in [5, 5.41) is 7.26. The van der Waals surface area contributed by atoms with Gasteiger partial charge in [-0.05, 0) is 23.6 Å². The standard InChI is InChI=1S/C19H25ClN4.HI/c1-19(2,16-7-5-4-6-8-16)14-24-18(21-3)22-12-11-15-9-10-17(20)23-13-15;/h4-10,13H,11-12,14H2,1-3H3,(H2,21,22,24);1H. The van der Waals surface area contributed by atoms with Crippen LogP contribution in [0, 0.1) is 0 Å². The van der Waals surface area contributed by atoms with Crippen molar-refractivity contribution in [1.29, 1.82) is 0 Å². The first-order valence-corrected chi connectivity index (χ1v) is 8.49. The highest BCUT2D eigenvalue weighted by atomic mass is 127. The van der Waals surface area contributed by atoms with Gasteiger partial charge in [0.1, 0.15) is 5.15 Å². The molecule has 2 N–H and O–H groups in total. The van der Waals surface area contributed by atoms with Gasteiger partial charge in [-0.25, -0.2) is 4.98 Å². The van der Waals surface area contributed by atoms with E-state index in [9.17, 15) is 0 Å². The van der Waals surface area contributed by atoms with Crippen molar-refractivity contribution < 1.29 is 0 Å². The molecule has 0 bridgehead atoms. The molecule has 1 aromatic heterocycles. The lowest BCUT2D eigenvalue weighted by Gasteiger charge is -2.26. The van der Waals surface area contributed by atoms with Gasteiger partial charge in [-0.1, -0.05) is 61.8 Å². The number of pyridine rings is 1. The molecule has 0 saturated heterocycles. The van der Waals surface area contributed by atoms with Crippen LogP contribution in [0.3, 0.4) is 0 Å². The zero-order valence-corrected chi connectivity index (χ0v) is 18.0. The molecule has 0 aliphatic heterocycles. The normalized spacial score (nSPS) is 11.6. The highest BCUT2D eigenvalue weighted by Gasteiger charge is 2.20. The van der Waals surface area contributed by atoms with Crippen LogP contribution in [0.2, 0.25) is 5.15 Å². The topological polar surface area (TPSA) is 49.3 Å². The lowest BCUT2D eigenvalue weighted by molar-refractivity contribution is 0.508. The van der Waals surface area contributed by atoms with Gasteiger partial charge in [0.15, 0.2) is 5.96 Å². The molecule has 0 spiro atoms. The van der Waals surface area contributed by atoms with Crippen LogP contribution < -0.4 is 10.6 Å². The molecule has 0 atom stereocenters. The maximum absolute atomic E-state index is 5.80. The monoisotopic (exact) mass is 472 g/mol. The molecule has 0 fully saturated rings. The summed E-state index contributed by atoms with van der Waals surface area (Å²) in [5.74, 6) is 0.806. The smallest absolute Gasteiger partial charge is 0.191 e. The Bertz CT molecular complexity index is 657. The number of aromatic nitrogens is 1. The maximum Gasteiger partial charge on any atom is 0.191 e. The molecule has 0 radical (unpaired) electrons. The molecule has 1 aromatic carbocycles. The van der Waals surface area contributed by atoms with Crippen LogP contribution in [-0.4, -0.2) is 31.1 Å². The summed E-state index contributed by atoms with van der Waals surface area (Å²) in [6, 6.07) is 14.3. The predicted molar refractivity (Wildman–Crippen MR) is 117 cm³/mol. The van der Waals surface area contributed by atoms with Crippen LogP contribution >= 0.6 is 35.6 Å². The van der Waals surface area contributed by atoms with E-state index < -0.39 is 0 Å². The molecule has 2 aromatic rings. The van der Waals surface area contributed by atoms with Crippen molar-refractivity contribution >= 4 is 41.5 Å². The number of nitrogens with one attached hydrogen (secondary N) is 2. The fourth-order valence-electron chi connectivity index (χ4n) is 2.40. The highest BCUT2D eigenvalue weighted by molar-refractivity contribution is 14.0. The average molecular weight is 473 g/mol. The van der Waals surface area contributed by atoms with Crippen LogP contribution in [0.4, 0.5) is 0 Å². The molecule has 4 nitrogen and oxygen atoms in total. The van der Waals surface area contributed by atoms with Crippen molar-refractivity contribution in [1.82, 2.24) is 15.6 Å². The predicted octanol–water partition coefficient (Wildman–Crippen LogP) is 4.04. The van der Waals surface area contributed by atoms with E-state index in [4.69, 9.17) is 11.6 Å². The van der Waals surface area contributed by atoms with Crippen molar-refractivity contribution in [3.8, 4) is 0 Å². The Labute approximate surface area is 172 Å². The molecule has 136 valence electrons.